The summed E-state index contributed by atoms with van der Waals surface area (Å²) in [4.78, 5) is 28.5. The number of hydrogen-bond acceptors (Lipinski definition) is 5. The predicted molar refractivity (Wildman–Crippen MR) is 90.6 cm³/mol. The van der Waals surface area contributed by atoms with Crippen molar-refractivity contribution in [1.82, 2.24) is 9.80 Å². The third-order valence-corrected chi connectivity index (χ3v) is 5.19. The summed E-state index contributed by atoms with van der Waals surface area (Å²) in [6.07, 6.45) is 1.24. The molecule has 2 saturated heterocycles. The van der Waals surface area contributed by atoms with Gasteiger partial charge in [0.1, 0.15) is 11.5 Å². The molecule has 1 amide bonds. The van der Waals surface area contributed by atoms with Crippen molar-refractivity contribution in [3.8, 4) is 5.75 Å². The highest BCUT2D eigenvalue weighted by molar-refractivity contribution is 5.97. The molecule has 2 aliphatic heterocycles. The molecule has 0 unspecified atom stereocenters. The predicted octanol–water partition coefficient (Wildman–Crippen LogP) is 1.43. The van der Waals surface area contributed by atoms with Crippen molar-refractivity contribution in [2.75, 3.05) is 33.4 Å². The highest BCUT2D eigenvalue weighted by Gasteiger charge is 2.53. The number of benzene rings is 1. The van der Waals surface area contributed by atoms with Crippen molar-refractivity contribution in [3.05, 3.63) is 29.8 Å². The second kappa shape index (κ2) is 7.01. The fourth-order valence-corrected chi connectivity index (χ4v) is 3.65. The zero-order valence-electron chi connectivity index (χ0n) is 14.6. The quantitative estimate of drug-likeness (QED) is 0.887. The topological polar surface area (TPSA) is 79.3 Å². The summed E-state index contributed by atoms with van der Waals surface area (Å²) in [6.45, 7) is 4.63. The Hall–Kier alpha value is -2.12. The summed E-state index contributed by atoms with van der Waals surface area (Å²) in [5.74, 6) is -0.691. The monoisotopic (exact) mass is 348 g/mol. The van der Waals surface area contributed by atoms with Crippen molar-refractivity contribution in [3.63, 3.8) is 0 Å². The Morgan fingerprint density at radius 3 is 2.44 bits per heavy atom. The van der Waals surface area contributed by atoms with E-state index in [0.29, 0.717) is 24.2 Å². The average Bonchev–Trinajstić information content (AvgIpc) is 3.01. The van der Waals surface area contributed by atoms with Crippen molar-refractivity contribution < 1.29 is 24.2 Å². The molecule has 1 atom stereocenters. The summed E-state index contributed by atoms with van der Waals surface area (Å²) < 4.78 is 11.0. The second-order valence-corrected chi connectivity index (χ2v) is 6.45. The van der Waals surface area contributed by atoms with Crippen LogP contribution in [0.1, 0.15) is 30.1 Å². The number of carbonyl (C=O) groups excluding carboxylic acids is 1. The van der Waals surface area contributed by atoms with E-state index in [1.54, 1.807) is 31.4 Å². The molecule has 7 nitrogen and oxygen atoms in total. The fourth-order valence-electron chi connectivity index (χ4n) is 3.65. The maximum absolute atomic E-state index is 13.1. The lowest BCUT2D eigenvalue weighted by Crippen LogP contribution is -2.58. The van der Waals surface area contributed by atoms with Crippen LogP contribution in [0, 0.1) is 0 Å². The number of aliphatic carboxylic acids is 1. The Kier molecular flexibility index (Phi) is 4.96. The van der Waals surface area contributed by atoms with E-state index in [-0.39, 0.29) is 12.5 Å². The molecule has 7 heteroatoms. The average molecular weight is 348 g/mol. The Morgan fingerprint density at radius 2 is 1.92 bits per heavy atom. The Morgan fingerprint density at radius 1 is 1.28 bits per heavy atom. The van der Waals surface area contributed by atoms with Gasteiger partial charge < -0.3 is 19.5 Å². The molecule has 2 fully saturated rings. The van der Waals surface area contributed by atoms with Crippen LogP contribution in [0.2, 0.25) is 0 Å². The largest absolute Gasteiger partial charge is 0.497 e. The minimum absolute atomic E-state index is 0.0311. The van der Waals surface area contributed by atoms with Crippen molar-refractivity contribution in [2.45, 2.75) is 31.5 Å². The number of carboxylic acids is 1. The molecule has 3 rings (SSSR count). The van der Waals surface area contributed by atoms with Gasteiger partial charge in [-0.3, -0.25) is 9.69 Å². The fraction of sp³-hybridized carbons (Fsp3) is 0.556. The molecule has 136 valence electrons. The van der Waals surface area contributed by atoms with Crippen LogP contribution >= 0.6 is 0 Å². The van der Waals surface area contributed by atoms with E-state index in [9.17, 15) is 14.7 Å². The van der Waals surface area contributed by atoms with Gasteiger partial charge in [0.15, 0.2) is 6.04 Å². The Balaban J connectivity index is 1.89. The number of rotatable bonds is 4. The van der Waals surface area contributed by atoms with Gasteiger partial charge in [0.2, 0.25) is 0 Å². The number of hydrogen-bond donors (Lipinski definition) is 1. The van der Waals surface area contributed by atoms with Gasteiger partial charge in [0, 0.05) is 31.5 Å². The number of amides is 1. The standard InChI is InChI=1S/C18H24N2O5/c1-3-19-10-8-18(9-11-19)20(15(12-25-18)17(22)23)16(21)13-4-6-14(24-2)7-5-13/h4-7,15H,3,8-12H2,1-2H3,(H,22,23)/t15-/m1/s1. The molecule has 1 spiro atoms. The molecule has 1 N–H and O–H groups in total. The minimum Gasteiger partial charge on any atom is -0.497 e. The van der Waals surface area contributed by atoms with E-state index in [2.05, 4.69) is 11.8 Å². The van der Waals surface area contributed by atoms with Crippen LogP contribution in [0.5, 0.6) is 5.75 Å². The first-order valence-corrected chi connectivity index (χ1v) is 8.57. The van der Waals surface area contributed by atoms with Crippen LogP contribution in [0.15, 0.2) is 24.3 Å². The maximum atomic E-state index is 13.1. The highest BCUT2D eigenvalue weighted by Crippen LogP contribution is 2.38. The van der Waals surface area contributed by atoms with Crippen LogP contribution < -0.4 is 4.74 Å². The minimum atomic E-state index is -1.03. The van der Waals surface area contributed by atoms with Crippen LogP contribution in [0.25, 0.3) is 0 Å². The van der Waals surface area contributed by atoms with E-state index >= 15 is 0 Å². The van der Waals surface area contributed by atoms with Gasteiger partial charge >= 0.3 is 5.97 Å². The first-order chi connectivity index (χ1) is 12.0. The normalized spacial score (nSPS) is 23.0. The Bertz CT molecular complexity index is 637. The highest BCUT2D eigenvalue weighted by atomic mass is 16.5. The van der Waals surface area contributed by atoms with E-state index in [0.717, 1.165) is 19.6 Å². The molecule has 2 heterocycles. The molecule has 0 aromatic heterocycles. The summed E-state index contributed by atoms with van der Waals surface area (Å²) >= 11 is 0. The van der Waals surface area contributed by atoms with Gasteiger partial charge in [0.05, 0.1) is 13.7 Å². The number of piperidine rings is 1. The number of methoxy groups -OCH3 is 1. The van der Waals surface area contributed by atoms with Gasteiger partial charge in [-0.25, -0.2) is 4.79 Å². The molecule has 1 aromatic rings. The third kappa shape index (κ3) is 3.21. The lowest BCUT2D eigenvalue weighted by atomic mass is 9.96. The molecule has 0 radical (unpaired) electrons. The van der Waals surface area contributed by atoms with E-state index in [1.807, 2.05) is 0 Å². The maximum Gasteiger partial charge on any atom is 0.328 e. The molecular formula is C18H24N2O5. The van der Waals surface area contributed by atoms with E-state index < -0.39 is 17.7 Å². The third-order valence-electron chi connectivity index (χ3n) is 5.19. The van der Waals surface area contributed by atoms with Crippen LogP contribution in [0.3, 0.4) is 0 Å². The number of carbonyl (C=O) groups is 2. The summed E-state index contributed by atoms with van der Waals surface area (Å²) in [5, 5.41) is 9.57. The van der Waals surface area contributed by atoms with E-state index in [1.165, 1.54) is 4.90 Å². The van der Waals surface area contributed by atoms with Gasteiger partial charge in [-0.1, -0.05) is 6.92 Å². The van der Waals surface area contributed by atoms with Gasteiger partial charge in [-0.15, -0.1) is 0 Å². The summed E-state index contributed by atoms with van der Waals surface area (Å²) in [6, 6.07) is 5.77. The smallest absolute Gasteiger partial charge is 0.328 e. The SMILES string of the molecule is CCN1CCC2(CC1)OC[C@H](C(=O)O)N2C(=O)c1ccc(OC)cc1. The van der Waals surface area contributed by atoms with Gasteiger partial charge in [0.25, 0.3) is 5.91 Å². The summed E-state index contributed by atoms with van der Waals surface area (Å²) in [5.41, 5.74) is -0.388. The molecule has 0 bridgehead atoms. The van der Waals surface area contributed by atoms with Gasteiger partial charge in [-0.05, 0) is 30.8 Å². The number of ether oxygens (including phenoxy) is 2. The lowest BCUT2D eigenvalue weighted by molar-refractivity contribution is -0.143. The summed E-state index contributed by atoms with van der Waals surface area (Å²) in [7, 11) is 1.56. The zero-order valence-corrected chi connectivity index (χ0v) is 14.6. The first-order valence-electron chi connectivity index (χ1n) is 8.57. The van der Waals surface area contributed by atoms with Crippen molar-refractivity contribution in [1.29, 1.82) is 0 Å². The number of likely N-dealkylation sites (tertiary alicyclic amines) is 1. The molecule has 2 aliphatic rings. The number of nitrogens with zero attached hydrogens (tertiary/aromatic N) is 2. The first kappa shape index (κ1) is 17.7. The Labute approximate surface area is 147 Å². The zero-order chi connectivity index (χ0) is 18.0. The second-order valence-electron chi connectivity index (χ2n) is 6.45. The molecule has 0 aliphatic carbocycles. The molecule has 25 heavy (non-hydrogen) atoms. The van der Waals surface area contributed by atoms with Gasteiger partial charge in [-0.2, -0.15) is 0 Å². The van der Waals surface area contributed by atoms with E-state index in [4.69, 9.17) is 9.47 Å². The molecule has 1 aromatic carbocycles. The van der Waals surface area contributed by atoms with Crippen molar-refractivity contribution >= 4 is 11.9 Å². The van der Waals surface area contributed by atoms with Crippen LogP contribution in [-0.4, -0.2) is 71.9 Å². The molecular weight excluding hydrogens is 324 g/mol. The number of carboxylic acid groups (broad SMARTS) is 1. The van der Waals surface area contributed by atoms with Crippen LogP contribution in [-0.2, 0) is 9.53 Å². The van der Waals surface area contributed by atoms with Crippen molar-refractivity contribution in [2.24, 2.45) is 0 Å². The molecule has 0 saturated carbocycles. The lowest BCUT2D eigenvalue weighted by Gasteiger charge is -2.44. The van der Waals surface area contributed by atoms with Crippen LogP contribution in [0.4, 0.5) is 0 Å².